The first kappa shape index (κ1) is 17.4. The van der Waals surface area contributed by atoms with Gasteiger partial charge in [0.1, 0.15) is 0 Å². The highest BCUT2D eigenvalue weighted by Crippen LogP contribution is 2.22. The first-order valence-electron chi connectivity index (χ1n) is 8.29. The van der Waals surface area contributed by atoms with E-state index >= 15 is 0 Å². The van der Waals surface area contributed by atoms with Crippen molar-refractivity contribution in [2.45, 2.75) is 6.54 Å². The van der Waals surface area contributed by atoms with E-state index in [0.29, 0.717) is 18.1 Å². The lowest BCUT2D eigenvalue weighted by atomic mass is 10.1. The Morgan fingerprint density at radius 2 is 1.85 bits per heavy atom. The lowest BCUT2D eigenvalue weighted by Crippen LogP contribution is -2.02. The van der Waals surface area contributed by atoms with Crippen LogP contribution >= 0.6 is 0 Å². The molecule has 0 amide bonds. The summed E-state index contributed by atoms with van der Waals surface area (Å²) in [5.74, 6) is 0.602. The van der Waals surface area contributed by atoms with Crippen LogP contribution in [0.1, 0.15) is 11.1 Å². The molecular weight excluding hydrogens is 324 g/mol. The number of para-hydroxylation sites is 2. The van der Waals surface area contributed by atoms with E-state index in [4.69, 9.17) is 10.5 Å². The molecule has 0 spiro atoms. The molecular formula is C21H22N4O. The molecule has 2 aromatic carbocycles. The Morgan fingerprint density at radius 1 is 1.08 bits per heavy atom. The van der Waals surface area contributed by atoms with Gasteiger partial charge >= 0.3 is 0 Å². The zero-order valence-corrected chi connectivity index (χ0v) is 14.7. The van der Waals surface area contributed by atoms with Gasteiger partial charge in [-0.05, 0) is 29.3 Å². The molecule has 0 aliphatic carbocycles. The van der Waals surface area contributed by atoms with Crippen molar-refractivity contribution in [3.63, 3.8) is 0 Å². The molecule has 0 fully saturated rings. The molecule has 3 aromatic rings. The van der Waals surface area contributed by atoms with Gasteiger partial charge in [0.25, 0.3) is 0 Å². The van der Waals surface area contributed by atoms with E-state index in [-0.39, 0.29) is 0 Å². The molecule has 0 atom stereocenters. The van der Waals surface area contributed by atoms with Gasteiger partial charge in [-0.25, -0.2) is 4.98 Å². The van der Waals surface area contributed by atoms with E-state index in [1.165, 1.54) is 0 Å². The topological polar surface area (TPSA) is 72.2 Å². The highest BCUT2D eigenvalue weighted by atomic mass is 16.5. The Labute approximate surface area is 153 Å². The number of nitrogens with zero attached hydrogens (tertiary/aromatic N) is 1. The molecule has 5 heteroatoms. The molecule has 0 aliphatic rings. The van der Waals surface area contributed by atoms with E-state index in [9.17, 15) is 0 Å². The third-order valence-electron chi connectivity index (χ3n) is 3.99. The fourth-order valence-electron chi connectivity index (χ4n) is 2.48. The average Bonchev–Trinajstić information content (AvgIpc) is 2.69. The summed E-state index contributed by atoms with van der Waals surface area (Å²) in [6, 6.07) is 19.6. The second-order valence-electron chi connectivity index (χ2n) is 5.83. The Hall–Kier alpha value is -3.47. The number of nitrogens with one attached hydrogen (secondary N) is 2. The monoisotopic (exact) mass is 346 g/mol. The van der Waals surface area contributed by atoms with Crippen LogP contribution in [0.2, 0.25) is 0 Å². The van der Waals surface area contributed by atoms with Gasteiger partial charge in [0.15, 0.2) is 0 Å². The maximum atomic E-state index is 5.96. The summed E-state index contributed by atoms with van der Waals surface area (Å²) in [6.07, 6.45) is 1.75. The number of anilines is 3. The molecule has 0 aliphatic heterocycles. The number of pyridine rings is 1. The fourth-order valence-corrected chi connectivity index (χ4v) is 2.48. The molecule has 0 saturated heterocycles. The summed E-state index contributed by atoms with van der Waals surface area (Å²) >= 11 is 0. The van der Waals surface area contributed by atoms with Crippen molar-refractivity contribution in [2.75, 3.05) is 23.5 Å². The number of benzene rings is 2. The Bertz CT molecular complexity index is 873. The number of rotatable bonds is 7. The summed E-state index contributed by atoms with van der Waals surface area (Å²) in [4.78, 5) is 4.18. The second kappa shape index (κ2) is 8.07. The molecule has 0 saturated carbocycles. The second-order valence-corrected chi connectivity index (χ2v) is 5.83. The van der Waals surface area contributed by atoms with Crippen molar-refractivity contribution < 1.29 is 4.74 Å². The van der Waals surface area contributed by atoms with Crippen LogP contribution in [0.4, 0.5) is 17.1 Å². The SMILES string of the molecule is C=C(Nc1ccccc1N)c1ccc(CNc2ccc(OC)nc2)cc1. The van der Waals surface area contributed by atoms with Crippen molar-refractivity contribution in [3.05, 3.63) is 84.6 Å². The lowest BCUT2D eigenvalue weighted by molar-refractivity contribution is 0.398. The van der Waals surface area contributed by atoms with Gasteiger partial charge in [-0.15, -0.1) is 0 Å². The maximum absolute atomic E-state index is 5.96. The zero-order chi connectivity index (χ0) is 18.4. The smallest absolute Gasteiger partial charge is 0.213 e. The molecule has 3 rings (SSSR count). The maximum Gasteiger partial charge on any atom is 0.213 e. The summed E-state index contributed by atoms with van der Waals surface area (Å²) in [6.45, 7) is 4.81. The van der Waals surface area contributed by atoms with Gasteiger partial charge in [-0.2, -0.15) is 0 Å². The summed E-state index contributed by atoms with van der Waals surface area (Å²) in [5.41, 5.74) is 11.4. The van der Waals surface area contributed by atoms with Gasteiger partial charge in [0.05, 0.1) is 30.4 Å². The van der Waals surface area contributed by atoms with E-state index in [2.05, 4.69) is 34.3 Å². The first-order chi connectivity index (χ1) is 12.7. The van der Waals surface area contributed by atoms with Gasteiger partial charge in [-0.3, -0.25) is 0 Å². The molecule has 0 unspecified atom stereocenters. The molecule has 0 radical (unpaired) electrons. The molecule has 5 nitrogen and oxygen atoms in total. The predicted molar refractivity (Wildman–Crippen MR) is 108 cm³/mol. The van der Waals surface area contributed by atoms with Crippen LogP contribution in [0.15, 0.2) is 73.4 Å². The van der Waals surface area contributed by atoms with Crippen LogP contribution in [0.5, 0.6) is 5.88 Å². The van der Waals surface area contributed by atoms with Crippen LogP contribution in [-0.4, -0.2) is 12.1 Å². The molecule has 4 N–H and O–H groups in total. The van der Waals surface area contributed by atoms with Crippen molar-refractivity contribution in [3.8, 4) is 5.88 Å². The minimum absolute atomic E-state index is 0.602. The van der Waals surface area contributed by atoms with Crippen LogP contribution in [-0.2, 0) is 6.54 Å². The minimum Gasteiger partial charge on any atom is -0.481 e. The van der Waals surface area contributed by atoms with E-state index in [1.54, 1.807) is 13.3 Å². The van der Waals surface area contributed by atoms with E-state index in [1.807, 2.05) is 48.5 Å². The van der Waals surface area contributed by atoms with Crippen LogP contribution in [0, 0.1) is 0 Å². The fraction of sp³-hybridized carbons (Fsp3) is 0.0952. The zero-order valence-electron chi connectivity index (χ0n) is 14.7. The number of ether oxygens (including phenoxy) is 1. The third kappa shape index (κ3) is 4.33. The number of hydrogen-bond donors (Lipinski definition) is 3. The van der Waals surface area contributed by atoms with Crippen molar-refractivity contribution >= 4 is 22.8 Å². The highest BCUT2D eigenvalue weighted by Gasteiger charge is 2.03. The third-order valence-corrected chi connectivity index (χ3v) is 3.99. The Kier molecular flexibility index (Phi) is 5.39. The van der Waals surface area contributed by atoms with Crippen molar-refractivity contribution in [2.24, 2.45) is 0 Å². The quantitative estimate of drug-likeness (QED) is 0.554. The number of hydrogen-bond acceptors (Lipinski definition) is 5. The standard InChI is InChI=1S/C21H22N4O/c1-15(25-20-6-4-3-5-19(20)22)17-9-7-16(8-10-17)13-23-18-11-12-21(26-2)24-14-18/h3-12,14,23,25H,1,13,22H2,2H3. The Balaban J connectivity index is 1.59. The van der Waals surface area contributed by atoms with Gasteiger partial charge < -0.3 is 21.1 Å². The minimum atomic E-state index is 0.602. The Morgan fingerprint density at radius 3 is 2.50 bits per heavy atom. The lowest BCUT2D eigenvalue weighted by Gasteiger charge is -2.13. The summed E-state index contributed by atoms with van der Waals surface area (Å²) < 4.78 is 5.06. The summed E-state index contributed by atoms with van der Waals surface area (Å²) in [5, 5.41) is 6.59. The van der Waals surface area contributed by atoms with E-state index < -0.39 is 0 Å². The van der Waals surface area contributed by atoms with Crippen LogP contribution in [0.25, 0.3) is 5.70 Å². The van der Waals surface area contributed by atoms with Gasteiger partial charge in [0, 0.05) is 18.3 Å². The van der Waals surface area contributed by atoms with Crippen molar-refractivity contribution in [1.82, 2.24) is 4.98 Å². The molecule has 132 valence electrons. The van der Waals surface area contributed by atoms with Gasteiger partial charge in [-0.1, -0.05) is 43.0 Å². The average molecular weight is 346 g/mol. The molecule has 0 bridgehead atoms. The number of nitrogens with two attached hydrogens (primary N) is 1. The number of nitrogen functional groups attached to an aromatic ring is 1. The van der Waals surface area contributed by atoms with Crippen LogP contribution in [0.3, 0.4) is 0 Å². The molecule has 26 heavy (non-hydrogen) atoms. The van der Waals surface area contributed by atoms with Gasteiger partial charge in [0.2, 0.25) is 5.88 Å². The summed E-state index contributed by atoms with van der Waals surface area (Å²) in [7, 11) is 1.60. The van der Waals surface area contributed by atoms with E-state index in [0.717, 1.165) is 28.2 Å². The van der Waals surface area contributed by atoms with Crippen LogP contribution < -0.4 is 21.1 Å². The first-order valence-corrected chi connectivity index (χ1v) is 8.29. The largest absolute Gasteiger partial charge is 0.481 e. The van der Waals surface area contributed by atoms with Crippen molar-refractivity contribution in [1.29, 1.82) is 0 Å². The normalized spacial score (nSPS) is 10.2. The number of methoxy groups -OCH3 is 1. The molecule has 1 aromatic heterocycles. The predicted octanol–water partition coefficient (Wildman–Crippen LogP) is 4.37. The molecule has 1 heterocycles. The highest BCUT2D eigenvalue weighted by molar-refractivity contribution is 5.80. The number of aromatic nitrogens is 1.